The highest BCUT2D eigenvalue weighted by Crippen LogP contribution is 2.25. The van der Waals surface area contributed by atoms with Crippen LogP contribution in [0.15, 0.2) is 30.3 Å². The molecule has 5 nitrogen and oxygen atoms in total. The van der Waals surface area contributed by atoms with E-state index >= 15 is 0 Å². The number of nitrogens with zero attached hydrogens (tertiary/aromatic N) is 1. The summed E-state index contributed by atoms with van der Waals surface area (Å²) in [5.74, 6) is -0.0343. The highest BCUT2D eigenvalue weighted by atomic mass is 16.5. The van der Waals surface area contributed by atoms with Crippen LogP contribution in [0.2, 0.25) is 0 Å². The molecule has 1 saturated carbocycles. The summed E-state index contributed by atoms with van der Waals surface area (Å²) >= 11 is 0. The molecule has 1 fully saturated rings. The van der Waals surface area contributed by atoms with E-state index in [4.69, 9.17) is 4.74 Å². The van der Waals surface area contributed by atoms with Crippen LogP contribution >= 0.6 is 0 Å². The lowest BCUT2D eigenvalue weighted by Crippen LogP contribution is -2.44. The molecule has 1 N–H and O–H groups in total. The molecule has 1 aromatic carbocycles. The maximum Gasteiger partial charge on any atom is 0.239 e. The third-order valence-corrected chi connectivity index (χ3v) is 4.46. The Morgan fingerprint density at radius 3 is 2.54 bits per heavy atom. The van der Waals surface area contributed by atoms with Crippen molar-refractivity contribution in [2.24, 2.45) is 5.92 Å². The second-order valence-corrected chi connectivity index (χ2v) is 6.37. The van der Waals surface area contributed by atoms with E-state index in [9.17, 15) is 9.59 Å². The average molecular weight is 332 g/mol. The molecule has 1 aliphatic carbocycles. The Balaban J connectivity index is 1.78. The van der Waals surface area contributed by atoms with Crippen molar-refractivity contribution in [2.45, 2.75) is 38.5 Å². The van der Waals surface area contributed by atoms with Gasteiger partial charge in [-0.3, -0.25) is 9.59 Å². The van der Waals surface area contributed by atoms with Gasteiger partial charge >= 0.3 is 0 Å². The first-order chi connectivity index (χ1) is 11.7. The molecule has 1 aromatic rings. The molecule has 1 aliphatic rings. The van der Waals surface area contributed by atoms with Crippen LogP contribution in [0.5, 0.6) is 0 Å². The number of nitrogens with one attached hydrogen (secondary N) is 1. The van der Waals surface area contributed by atoms with Crippen LogP contribution in [0.3, 0.4) is 0 Å². The van der Waals surface area contributed by atoms with Gasteiger partial charge < -0.3 is 15.0 Å². The van der Waals surface area contributed by atoms with Gasteiger partial charge in [-0.15, -0.1) is 0 Å². The number of hydrogen-bond acceptors (Lipinski definition) is 3. The smallest absolute Gasteiger partial charge is 0.239 e. The van der Waals surface area contributed by atoms with Crippen LogP contribution in [0, 0.1) is 5.92 Å². The number of methoxy groups -OCH3 is 1. The second-order valence-electron chi connectivity index (χ2n) is 6.37. The predicted molar refractivity (Wildman–Crippen MR) is 93.3 cm³/mol. The molecular weight excluding hydrogens is 304 g/mol. The number of carbonyl (C=O) groups is 2. The fraction of sp³-hybridized carbons (Fsp3) is 0.579. The zero-order valence-corrected chi connectivity index (χ0v) is 14.5. The topological polar surface area (TPSA) is 58.6 Å². The summed E-state index contributed by atoms with van der Waals surface area (Å²) in [4.78, 5) is 26.3. The van der Waals surface area contributed by atoms with Gasteiger partial charge in [-0.2, -0.15) is 0 Å². The molecule has 0 unspecified atom stereocenters. The number of benzene rings is 1. The fourth-order valence-corrected chi connectivity index (χ4v) is 3.17. The molecule has 0 bridgehead atoms. The summed E-state index contributed by atoms with van der Waals surface area (Å²) in [7, 11) is 1.55. The van der Waals surface area contributed by atoms with E-state index in [-0.39, 0.29) is 31.0 Å². The molecule has 0 spiro atoms. The van der Waals surface area contributed by atoms with Crippen molar-refractivity contribution >= 4 is 11.8 Å². The van der Waals surface area contributed by atoms with Gasteiger partial charge in [0.1, 0.15) is 13.3 Å². The van der Waals surface area contributed by atoms with Gasteiger partial charge in [0.2, 0.25) is 11.8 Å². The monoisotopic (exact) mass is 332 g/mol. The first kappa shape index (κ1) is 18.5. The summed E-state index contributed by atoms with van der Waals surface area (Å²) in [6.07, 6.45) is 6.03. The van der Waals surface area contributed by atoms with Crippen molar-refractivity contribution in [3.8, 4) is 0 Å². The molecule has 0 heterocycles. The van der Waals surface area contributed by atoms with E-state index in [1.54, 1.807) is 7.11 Å². The van der Waals surface area contributed by atoms with Crippen molar-refractivity contribution in [2.75, 3.05) is 26.9 Å². The van der Waals surface area contributed by atoms with Crippen molar-refractivity contribution in [3.63, 3.8) is 0 Å². The number of carbonyl (C=O) groups excluding carboxylic acids is 2. The zero-order chi connectivity index (χ0) is 17.2. The standard InChI is InChI=1S/C19H28N2O3/c1-24-15-21(19(23)17-10-6-3-7-11-17)14-18(22)20-13-12-16-8-4-2-5-9-16/h2,4-5,8-9,17H,3,6-7,10-15H2,1H3,(H,20,22). The third-order valence-electron chi connectivity index (χ3n) is 4.46. The molecule has 0 atom stereocenters. The highest BCUT2D eigenvalue weighted by Gasteiger charge is 2.27. The molecule has 0 saturated heterocycles. The van der Waals surface area contributed by atoms with Gasteiger partial charge in [0.05, 0.1) is 0 Å². The highest BCUT2D eigenvalue weighted by molar-refractivity contribution is 5.85. The number of hydrogen-bond donors (Lipinski definition) is 1. The molecule has 132 valence electrons. The van der Waals surface area contributed by atoms with Gasteiger partial charge in [-0.05, 0) is 24.8 Å². The van der Waals surface area contributed by atoms with E-state index < -0.39 is 0 Å². The summed E-state index contributed by atoms with van der Waals surface area (Å²) in [5, 5.41) is 2.89. The molecule has 0 aliphatic heterocycles. The van der Waals surface area contributed by atoms with Crippen LogP contribution in [0.1, 0.15) is 37.7 Å². The molecule has 5 heteroatoms. The van der Waals surface area contributed by atoms with Gasteiger partial charge in [-0.25, -0.2) is 0 Å². The SMILES string of the molecule is COCN(CC(=O)NCCc1ccccc1)C(=O)C1CCCCC1. The lowest BCUT2D eigenvalue weighted by molar-refractivity contribution is -0.145. The van der Waals surface area contributed by atoms with Crippen LogP contribution in [0.25, 0.3) is 0 Å². The van der Waals surface area contributed by atoms with Crippen LogP contribution in [-0.2, 0) is 20.7 Å². The fourth-order valence-electron chi connectivity index (χ4n) is 3.17. The zero-order valence-electron chi connectivity index (χ0n) is 14.5. The van der Waals surface area contributed by atoms with E-state index in [0.29, 0.717) is 6.54 Å². The van der Waals surface area contributed by atoms with E-state index in [1.807, 2.05) is 30.3 Å². The lowest BCUT2D eigenvalue weighted by atomic mass is 9.88. The predicted octanol–water partition coefficient (Wildman–Crippen LogP) is 2.36. The van der Waals surface area contributed by atoms with Crippen LogP contribution in [0.4, 0.5) is 0 Å². The first-order valence-corrected chi connectivity index (χ1v) is 8.79. The Morgan fingerprint density at radius 2 is 1.88 bits per heavy atom. The molecule has 0 radical (unpaired) electrons. The Kier molecular flexibility index (Phi) is 7.75. The minimum atomic E-state index is -0.132. The first-order valence-electron chi connectivity index (χ1n) is 8.79. The van der Waals surface area contributed by atoms with Crippen molar-refractivity contribution in [1.29, 1.82) is 0 Å². The molecule has 0 aromatic heterocycles. The Morgan fingerprint density at radius 1 is 1.17 bits per heavy atom. The van der Waals surface area contributed by atoms with Gasteiger partial charge in [0.15, 0.2) is 0 Å². The minimum absolute atomic E-state index is 0.0472. The second kappa shape index (κ2) is 10.1. The number of rotatable bonds is 8. The van der Waals surface area contributed by atoms with Gasteiger partial charge in [0, 0.05) is 19.6 Å². The molecule has 2 rings (SSSR count). The van der Waals surface area contributed by atoms with E-state index in [1.165, 1.54) is 16.9 Å². The third kappa shape index (κ3) is 5.96. The van der Waals surface area contributed by atoms with Crippen molar-refractivity contribution in [1.82, 2.24) is 10.2 Å². The molecule has 24 heavy (non-hydrogen) atoms. The quantitative estimate of drug-likeness (QED) is 0.744. The van der Waals surface area contributed by atoms with Gasteiger partial charge in [0.25, 0.3) is 0 Å². The van der Waals surface area contributed by atoms with E-state index in [0.717, 1.165) is 32.1 Å². The summed E-state index contributed by atoms with van der Waals surface area (Å²) in [6, 6.07) is 10.0. The minimum Gasteiger partial charge on any atom is -0.364 e. The van der Waals surface area contributed by atoms with E-state index in [2.05, 4.69) is 5.32 Å². The van der Waals surface area contributed by atoms with Crippen molar-refractivity contribution in [3.05, 3.63) is 35.9 Å². The van der Waals surface area contributed by atoms with Crippen LogP contribution in [-0.4, -0.2) is 43.6 Å². The molecule has 2 amide bonds. The molecular formula is C19H28N2O3. The lowest BCUT2D eigenvalue weighted by Gasteiger charge is -2.28. The Hall–Kier alpha value is -1.88. The normalized spacial score (nSPS) is 15.0. The summed E-state index contributed by atoms with van der Waals surface area (Å²) < 4.78 is 5.12. The number of amides is 2. The average Bonchev–Trinajstić information content (AvgIpc) is 2.62. The maximum atomic E-state index is 12.6. The largest absolute Gasteiger partial charge is 0.364 e. The Labute approximate surface area is 144 Å². The van der Waals surface area contributed by atoms with Gasteiger partial charge in [-0.1, -0.05) is 49.6 Å². The van der Waals surface area contributed by atoms with Crippen LogP contribution < -0.4 is 5.32 Å². The van der Waals surface area contributed by atoms with Crippen molar-refractivity contribution < 1.29 is 14.3 Å². The summed E-state index contributed by atoms with van der Waals surface area (Å²) in [6.45, 7) is 0.806. The maximum absolute atomic E-state index is 12.6. The Bertz CT molecular complexity index is 513. The number of ether oxygens (including phenoxy) is 1. The summed E-state index contributed by atoms with van der Waals surface area (Å²) in [5.41, 5.74) is 1.19.